The van der Waals surface area contributed by atoms with Crippen LogP contribution in [0, 0.1) is 0 Å². The molecule has 106 valence electrons. The molecule has 1 atom stereocenters. The Morgan fingerprint density at radius 2 is 2.16 bits per heavy atom. The standard InChI is InChI=1S/C13H18BrClN2O2/c14-12-7-10(16-9-11(18)8-15)1-2-13(12)17-3-5-19-6-4-17/h1-2,7,11,16,18H,3-6,8-9H2. The second-order valence-electron chi connectivity index (χ2n) is 4.45. The van der Waals surface area contributed by atoms with Crippen molar-refractivity contribution in [2.75, 3.05) is 48.9 Å². The number of alkyl halides is 1. The van der Waals surface area contributed by atoms with E-state index in [1.165, 1.54) is 5.69 Å². The molecular formula is C13H18BrClN2O2. The first-order valence-electron chi connectivity index (χ1n) is 6.31. The van der Waals surface area contributed by atoms with Crippen molar-refractivity contribution in [2.45, 2.75) is 6.10 Å². The normalized spacial score (nSPS) is 17.3. The lowest BCUT2D eigenvalue weighted by Gasteiger charge is -2.30. The fourth-order valence-corrected chi connectivity index (χ4v) is 2.71. The van der Waals surface area contributed by atoms with Crippen LogP contribution in [0.3, 0.4) is 0 Å². The van der Waals surface area contributed by atoms with E-state index in [2.05, 4.69) is 32.2 Å². The Kier molecular flexibility index (Phi) is 5.76. The minimum absolute atomic E-state index is 0.236. The highest BCUT2D eigenvalue weighted by Gasteiger charge is 2.14. The molecule has 0 amide bonds. The van der Waals surface area contributed by atoms with Gasteiger partial charge in [-0.1, -0.05) is 0 Å². The van der Waals surface area contributed by atoms with Gasteiger partial charge in [0.25, 0.3) is 0 Å². The molecule has 6 heteroatoms. The maximum absolute atomic E-state index is 9.42. The van der Waals surface area contributed by atoms with Crippen LogP contribution >= 0.6 is 27.5 Å². The number of anilines is 2. The van der Waals surface area contributed by atoms with E-state index in [4.69, 9.17) is 16.3 Å². The van der Waals surface area contributed by atoms with Gasteiger partial charge in [-0.2, -0.15) is 0 Å². The van der Waals surface area contributed by atoms with Crippen molar-refractivity contribution in [1.82, 2.24) is 0 Å². The third-order valence-electron chi connectivity index (χ3n) is 3.02. The van der Waals surface area contributed by atoms with Crippen LogP contribution in [0.2, 0.25) is 0 Å². The van der Waals surface area contributed by atoms with Crippen LogP contribution in [0.1, 0.15) is 0 Å². The number of rotatable bonds is 5. The van der Waals surface area contributed by atoms with E-state index in [1.807, 2.05) is 12.1 Å². The van der Waals surface area contributed by atoms with Crippen molar-refractivity contribution in [1.29, 1.82) is 0 Å². The number of nitrogens with zero attached hydrogens (tertiary/aromatic N) is 1. The lowest BCUT2D eigenvalue weighted by Crippen LogP contribution is -2.36. The third-order valence-corrected chi connectivity index (χ3v) is 4.01. The van der Waals surface area contributed by atoms with Crippen molar-refractivity contribution in [3.63, 3.8) is 0 Å². The first-order chi connectivity index (χ1) is 9.20. The largest absolute Gasteiger partial charge is 0.390 e. The van der Waals surface area contributed by atoms with Gasteiger partial charge < -0.3 is 20.1 Å². The quantitative estimate of drug-likeness (QED) is 0.801. The van der Waals surface area contributed by atoms with Crippen molar-refractivity contribution in [2.24, 2.45) is 0 Å². The minimum Gasteiger partial charge on any atom is -0.390 e. The monoisotopic (exact) mass is 348 g/mol. The van der Waals surface area contributed by atoms with Crippen LogP contribution in [-0.4, -0.2) is 49.9 Å². The summed E-state index contributed by atoms with van der Waals surface area (Å²) in [5.74, 6) is 0.236. The summed E-state index contributed by atoms with van der Waals surface area (Å²) >= 11 is 9.15. The Labute approximate surface area is 126 Å². The number of nitrogens with one attached hydrogen (secondary N) is 1. The highest BCUT2D eigenvalue weighted by atomic mass is 79.9. The molecule has 0 spiro atoms. The van der Waals surface area contributed by atoms with Gasteiger partial charge in [0, 0.05) is 29.8 Å². The van der Waals surface area contributed by atoms with Gasteiger partial charge in [-0.25, -0.2) is 0 Å². The zero-order valence-electron chi connectivity index (χ0n) is 10.6. The van der Waals surface area contributed by atoms with E-state index in [1.54, 1.807) is 0 Å². The third kappa shape index (κ3) is 4.24. The highest BCUT2D eigenvalue weighted by Crippen LogP contribution is 2.29. The number of hydrogen-bond donors (Lipinski definition) is 2. The van der Waals surface area contributed by atoms with Crippen LogP contribution in [0.15, 0.2) is 22.7 Å². The lowest BCUT2D eigenvalue weighted by molar-refractivity contribution is 0.122. The molecule has 2 rings (SSSR count). The zero-order chi connectivity index (χ0) is 13.7. The Bertz CT molecular complexity index is 414. The summed E-state index contributed by atoms with van der Waals surface area (Å²) in [6.07, 6.45) is -0.528. The first-order valence-corrected chi connectivity index (χ1v) is 7.63. The van der Waals surface area contributed by atoms with Gasteiger partial charge in [-0.3, -0.25) is 0 Å². The number of hydrogen-bond acceptors (Lipinski definition) is 4. The SMILES string of the molecule is OC(CCl)CNc1ccc(N2CCOCC2)c(Br)c1. The molecule has 0 bridgehead atoms. The van der Waals surface area contributed by atoms with Crippen LogP contribution in [0.25, 0.3) is 0 Å². The maximum Gasteiger partial charge on any atom is 0.0847 e. The summed E-state index contributed by atoms with van der Waals surface area (Å²) in [6.45, 7) is 3.82. The molecule has 0 aliphatic carbocycles. The molecule has 1 heterocycles. The lowest BCUT2D eigenvalue weighted by atomic mass is 10.2. The van der Waals surface area contributed by atoms with E-state index in [9.17, 15) is 5.11 Å². The molecule has 0 saturated carbocycles. The fourth-order valence-electron chi connectivity index (χ4n) is 1.97. The predicted molar refractivity (Wildman–Crippen MR) is 82.4 cm³/mol. The average molecular weight is 350 g/mol. The Balaban J connectivity index is 2.00. The second-order valence-corrected chi connectivity index (χ2v) is 5.62. The van der Waals surface area contributed by atoms with Crippen LogP contribution < -0.4 is 10.2 Å². The van der Waals surface area contributed by atoms with Crippen LogP contribution in [-0.2, 0) is 4.74 Å². The van der Waals surface area contributed by atoms with E-state index < -0.39 is 6.10 Å². The minimum atomic E-state index is -0.528. The molecule has 2 N–H and O–H groups in total. The molecular weight excluding hydrogens is 332 g/mol. The van der Waals surface area contributed by atoms with Crippen LogP contribution in [0.5, 0.6) is 0 Å². The van der Waals surface area contributed by atoms with Crippen molar-refractivity contribution >= 4 is 38.9 Å². The molecule has 1 aromatic rings. The molecule has 1 aliphatic heterocycles. The Morgan fingerprint density at radius 3 is 2.79 bits per heavy atom. The number of ether oxygens (including phenoxy) is 1. The molecule has 4 nitrogen and oxygen atoms in total. The first kappa shape index (κ1) is 14.9. The molecule has 0 radical (unpaired) electrons. The summed E-state index contributed by atoms with van der Waals surface area (Å²) in [5, 5.41) is 12.6. The number of morpholine rings is 1. The number of benzene rings is 1. The topological polar surface area (TPSA) is 44.7 Å². The number of halogens is 2. The van der Waals surface area contributed by atoms with Crippen molar-refractivity contribution in [3.05, 3.63) is 22.7 Å². The van der Waals surface area contributed by atoms with E-state index in [0.29, 0.717) is 6.54 Å². The Morgan fingerprint density at radius 1 is 1.42 bits per heavy atom. The van der Waals surface area contributed by atoms with Crippen molar-refractivity contribution in [3.8, 4) is 0 Å². The van der Waals surface area contributed by atoms with Gasteiger partial charge in [0.15, 0.2) is 0 Å². The number of aliphatic hydroxyl groups is 1. The fraction of sp³-hybridized carbons (Fsp3) is 0.538. The molecule has 1 fully saturated rings. The summed E-state index contributed by atoms with van der Waals surface area (Å²) in [5.41, 5.74) is 2.14. The van der Waals surface area contributed by atoms with Gasteiger partial charge >= 0.3 is 0 Å². The molecule has 1 aliphatic rings. The molecule has 1 saturated heterocycles. The number of aliphatic hydroxyl groups excluding tert-OH is 1. The molecule has 1 aromatic carbocycles. The molecule has 1 unspecified atom stereocenters. The summed E-state index contributed by atoms with van der Waals surface area (Å²) in [6, 6.07) is 6.10. The summed E-state index contributed by atoms with van der Waals surface area (Å²) < 4.78 is 6.39. The second kappa shape index (κ2) is 7.33. The zero-order valence-corrected chi connectivity index (χ0v) is 13.0. The van der Waals surface area contributed by atoms with Crippen molar-refractivity contribution < 1.29 is 9.84 Å². The van der Waals surface area contributed by atoms with E-state index in [0.717, 1.165) is 36.5 Å². The van der Waals surface area contributed by atoms with Gasteiger partial charge in [-0.15, -0.1) is 11.6 Å². The van der Waals surface area contributed by atoms with Gasteiger partial charge in [0.2, 0.25) is 0 Å². The van der Waals surface area contributed by atoms with Crippen LogP contribution in [0.4, 0.5) is 11.4 Å². The summed E-state index contributed by atoms with van der Waals surface area (Å²) in [7, 11) is 0. The molecule has 19 heavy (non-hydrogen) atoms. The van der Waals surface area contributed by atoms with Gasteiger partial charge in [-0.05, 0) is 34.1 Å². The molecule has 0 aromatic heterocycles. The average Bonchev–Trinajstić information content (AvgIpc) is 2.45. The maximum atomic E-state index is 9.42. The Hall–Kier alpha value is -0.490. The smallest absolute Gasteiger partial charge is 0.0847 e. The van der Waals surface area contributed by atoms with E-state index >= 15 is 0 Å². The van der Waals surface area contributed by atoms with Gasteiger partial charge in [0.1, 0.15) is 0 Å². The summed E-state index contributed by atoms with van der Waals surface area (Å²) in [4.78, 5) is 2.30. The van der Waals surface area contributed by atoms with Gasteiger partial charge in [0.05, 0.1) is 30.9 Å². The predicted octanol–water partition coefficient (Wildman–Crippen LogP) is 2.30. The highest BCUT2D eigenvalue weighted by molar-refractivity contribution is 9.10. The van der Waals surface area contributed by atoms with E-state index in [-0.39, 0.29) is 5.88 Å².